The molecule has 4 N–H and O–H groups in total. The molecule has 0 aliphatic carbocycles. The first-order valence-electron chi connectivity index (χ1n) is 5.89. The number of rotatable bonds is 3. The summed E-state index contributed by atoms with van der Waals surface area (Å²) >= 11 is 0. The van der Waals surface area contributed by atoms with Crippen LogP contribution in [0, 0.1) is 0 Å². The van der Waals surface area contributed by atoms with Crippen molar-refractivity contribution in [3.8, 4) is 28.7 Å². The van der Waals surface area contributed by atoms with E-state index in [9.17, 15) is 15.0 Å². The first-order valence-corrected chi connectivity index (χ1v) is 5.89. The smallest absolute Gasteiger partial charge is 0.336 e. The van der Waals surface area contributed by atoms with Gasteiger partial charge in [-0.1, -0.05) is 6.07 Å². The van der Waals surface area contributed by atoms with Gasteiger partial charge in [0.05, 0.1) is 0 Å². The molecule has 0 heterocycles. The second-order valence-corrected chi connectivity index (χ2v) is 4.15. The highest BCUT2D eigenvalue weighted by molar-refractivity contribution is 5.88. The van der Waals surface area contributed by atoms with Crippen LogP contribution >= 0.6 is 0 Å². The van der Waals surface area contributed by atoms with E-state index in [1.807, 2.05) is 0 Å². The van der Waals surface area contributed by atoms with Gasteiger partial charge in [0.25, 0.3) is 0 Å². The second kappa shape index (κ2) is 5.87. The van der Waals surface area contributed by atoms with Crippen LogP contribution in [0.5, 0.6) is 28.7 Å². The summed E-state index contributed by atoms with van der Waals surface area (Å²) in [6, 6.07) is 7.70. The topological polar surface area (TPSA) is 107 Å². The lowest BCUT2D eigenvalue weighted by Gasteiger charge is -2.03. The van der Waals surface area contributed by atoms with Crippen molar-refractivity contribution in [1.82, 2.24) is 0 Å². The van der Waals surface area contributed by atoms with Gasteiger partial charge < -0.3 is 25.2 Å². The lowest BCUT2D eigenvalue weighted by atomic mass is 10.2. The van der Waals surface area contributed by atoms with Crippen molar-refractivity contribution < 1.29 is 30.0 Å². The molecule has 0 bridgehead atoms. The van der Waals surface area contributed by atoms with Crippen molar-refractivity contribution in [1.29, 1.82) is 0 Å². The van der Waals surface area contributed by atoms with E-state index in [0.29, 0.717) is 5.56 Å². The van der Waals surface area contributed by atoms with Gasteiger partial charge in [-0.2, -0.15) is 0 Å². The van der Waals surface area contributed by atoms with Gasteiger partial charge in [-0.25, -0.2) is 4.79 Å². The summed E-state index contributed by atoms with van der Waals surface area (Å²) in [5.41, 5.74) is 0.496. The fraction of sp³-hybridized carbons (Fsp3) is 0. The van der Waals surface area contributed by atoms with Crippen LogP contribution in [0.25, 0.3) is 6.08 Å². The number of ether oxygens (including phenoxy) is 1. The Hall–Kier alpha value is -3.15. The Morgan fingerprint density at radius 2 is 1.48 bits per heavy atom. The van der Waals surface area contributed by atoms with E-state index < -0.39 is 11.7 Å². The zero-order valence-electron chi connectivity index (χ0n) is 10.7. The van der Waals surface area contributed by atoms with Gasteiger partial charge in [-0.3, -0.25) is 0 Å². The Labute approximate surface area is 119 Å². The Bertz CT molecular complexity index is 705. The SMILES string of the molecule is O=C(C=Cc1ccc(O)c(O)c1)Oc1ccc(O)c(O)c1. The average molecular weight is 288 g/mol. The molecule has 2 aromatic rings. The van der Waals surface area contributed by atoms with Crippen LogP contribution in [0.15, 0.2) is 42.5 Å². The maximum Gasteiger partial charge on any atom is 0.336 e. The fourth-order valence-electron chi connectivity index (χ4n) is 1.53. The normalized spacial score (nSPS) is 10.7. The minimum absolute atomic E-state index is 0.0773. The standard InChI is InChI=1S/C15H12O6/c16-11-4-1-9(7-13(11)18)2-6-15(20)21-10-3-5-12(17)14(19)8-10/h1-8,16-19H. The van der Waals surface area contributed by atoms with Gasteiger partial charge in [0.15, 0.2) is 23.0 Å². The summed E-state index contributed by atoms with van der Waals surface area (Å²) in [7, 11) is 0. The first kappa shape index (κ1) is 14.3. The average Bonchev–Trinajstić information content (AvgIpc) is 2.44. The quantitative estimate of drug-likeness (QED) is 0.298. The molecular weight excluding hydrogens is 276 g/mol. The first-order chi connectivity index (χ1) is 9.95. The van der Waals surface area contributed by atoms with Crippen LogP contribution in [0.1, 0.15) is 5.56 Å². The number of hydrogen-bond acceptors (Lipinski definition) is 6. The minimum atomic E-state index is -0.701. The highest BCUT2D eigenvalue weighted by atomic mass is 16.5. The lowest BCUT2D eigenvalue weighted by Crippen LogP contribution is -2.03. The van der Waals surface area contributed by atoms with E-state index >= 15 is 0 Å². The third-order valence-corrected chi connectivity index (χ3v) is 2.58. The van der Waals surface area contributed by atoms with Gasteiger partial charge >= 0.3 is 5.97 Å². The van der Waals surface area contributed by atoms with Crippen LogP contribution in [-0.2, 0) is 4.79 Å². The van der Waals surface area contributed by atoms with Gasteiger partial charge in [-0.15, -0.1) is 0 Å². The molecule has 0 spiro atoms. The number of phenols is 4. The molecule has 2 aromatic carbocycles. The van der Waals surface area contributed by atoms with Crippen LogP contribution < -0.4 is 4.74 Å². The predicted octanol–water partition coefficient (Wildman–Crippen LogP) is 2.13. The van der Waals surface area contributed by atoms with Crippen LogP contribution in [0.2, 0.25) is 0 Å². The molecule has 0 atom stereocenters. The molecular formula is C15H12O6. The van der Waals surface area contributed by atoms with Crippen molar-refractivity contribution in [2.24, 2.45) is 0 Å². The molecule has 21 heavy (non-hydrogen) atoms. The van der Waals surface area contributed by atoms with Crippen molar-refractivity contribution in [2.75, 3.05) is 0 Å². The van der Waals surface area contributed by atoms with E-state index in [2.05, 4.69) is 0 Å². The van der Waals surface area contributed by atoms with Gasteiger partial charge in [0.1, 0.15) is 5.75 Å². The predicted molar refractivity (Wildman–Crippen MR) is 74.2 cm³/mol. The number of carbonyl (C=O) groups is 1. The highest BCUT2D eigenvalue weighted by Crippen LogP contribution is 2.29. The molecule has 0 unspecified atom stereocenters. The fourth-order valence-corrected chi connectivity index (χ4v) is 1.53. The zero-order chi connectivity index (χ0) is 15.4. The number of benzene rings is 2. The third-order valence-electron chi connectivity index (χ3n) is 2.58. The molecule has 0 saturated heterocycles. The number of aromatic hydroxyl groups is 4. The minimum Gasteiger partial charge on any atom is -0.504 e. The molecule has 6 heteroatoms. The van der Waals surface area contributed by atoms with Gasteiger partial charge in [0, 0.05) is 12.1 Å². The lowest BCUT2D eigenvalue weighted by molar-refractivity contribution is -0.128. The largest absolute Gasteiger partial charge is 0.504 e. The molecule has 0 saturated carbocycles. The Balaban J connectivity index is 2.05. The number of esters is 1. The zero-order valence-corrected chi connectivity index (χ0v) is 10.7. The van der Waals surface area contributed by atoms with E-state index in [-0.39, 0.29) is 23.0 Å². The Kier molecular flexibility index (Phi) is 3.99. The molecule has 2 rings (SSSR count). The summed E-state index contributed by atoms with van der Waals surface area (Å²) in [6.07, 6.45) is 2.51. The molecule has 0 aliphatic rings. The Morgan fingerprint density at radius 1 is 0.857 bits per heavy atom. The molecule has 108 valence electrons. The number of hydrogen-bond donors (Lipinski definition) is 4. The summed E-state index contributed by atoms with van der Waals surface area (Å²) in [6.45, 7) is 0. The maximum absolute atomic E-state index is 11.6. The highest BCUT2D eigenvalue weighted by Gasteiger charge is 2.05. The van der Waals surface area contributed by atoms with Crippen LogP contribution in [0.3, 0.4) is 0 Å². The van der Waals surface area contributed by atoms with Gasteiger partial charge in [-0.05, 0) is 35.9 Å². The summed E-state index contributed by atoms with van der Waals surface area (Å²) in [4.78, 5) is 11.6. The molecule has 0 aliphatic heterocycles. The van der Waals surface area contributed by atoms with Crippen LogP contribution in [0.4, 0.5) is 0 Å². The van der Waals surface area contributed by atoms with E-state index in [1.54, 1.807) is 0 Å². The maximum atomic E-state index is 11.6. The molecule has 0 radical (unpaired) electrons. The van der Waals surface area contributed by atoms with E-state index in [1.165, 1.54) is 36.4 Å². The third kappa shape index (κ3) is 3.66. The van der Waals surface area contributed by atoms with Crippen molar-refractivity contribution >= 4 is 12.0 Å². The summed E-state index contributed by atoms with van der Waals surface area (Å²) < 4.78 is 4.92. The molecule has 0 aromatic heterocycles. The van der Waals surface area contributed by atoms with Crippen molar-refractivity contribution in [3.63, 3.8) is 0 Å². The molecule has 0 fully saturated rings. The second-order valence-electron chi connectivity index (χ2n) is 4.15. The summed E-state index contributed by atoms with van der Waals surface area (Å²) in [5, 5.41) is 36.9. The van der Waals surface area contributed by atoms with Crippen molar-refractivity contribution in [2.45, 2.75) is 0 Å². The van der Waals surface area contributed by atoms with E-state index in [0.717, 1.165) is 12.1 Å². The monoisotopic (exact) mass is 288 g/mol. The van der Waals surface area contributed by atoms with Gasteiger partial charge in [0.2, 0.25) is 0 Å². The van der Waals surface area contributed by atoms with Crippen LogP contribution in [-0.4, -0.2) is 26.4 Å². The van der Waals surface area contributed by atoms with E-state index in [4.69, 9.17) is 14.9 Å². The number of carbonyl (C=O) groups excluding carboxylic acids is 1. The van der Waals surface area contributed by atoms with Crippen molar-refractivity contribution in [3.05, 3.63) is 48.0 Å². The summed E-state index contributed by atoms with van der Waals surface area (Å²) in [5.74, 6) is -1.89. The molecule has 0 amide bonds. The number of phenolic OH excluding ortho intramolecular Hbond substituents is 4. The Morgan fingerprint density at radius 3 is 2.10 bits per heavy atom. The molecule has 6 nitrogen and oxygen atoms in total.